The Labute approximate surface area is 83.3 Å². The molecule has 4 heteroatoms. The highest BCUT2D eigenvalue weighted by atomic mass is 19.3. The zero-order chi connectivity index (χ0) is 10.6. The lowest BCUT2D eigenvalue weighted by Crippen LogP contribution is -2.41. The van der Waals surface area contributed by atoms with E-state index in [1.165, 1.54) is 0 Å². The van der Waals surface area contributed by atoms with Gasteiger partial charge in [-0.1, -0.05) is 6.92 Å². The van der Waals surface area contributed by atoms with Crippen LogP contribution < -0.4 is 0 Å². The Morgan fingerprint density at radius 1 is 1.43 bits per heavy atom. The molecule has 1 rings (SSSR count). The van der Waals surface area contributed by atoms with Crippen LogP contribution in [-0.4, -0.2) is 36.7 Å². The molecule has 0 aromatic rings. The molecule has 1 unspecified atom stereocenters. The summed E-state index contributed by atoms with van der Waals surface area (Å²) >= 11 is 0. The second-order valence-electron chi connectivity index (χ2n) is 3.96. The first-order valence-corrected chi connectivity index (χ1v) is 5.13. The molecule has 82 valence electrons. The van der Waals surface area contributed by atoms with Gasteiger partial charge in [0.25, 0.3) is 5.92 Å². The van der Waals surface area contributed by atoms with Crippen molar-refractivity contribution in [2.45, 2.75) is 32.1 Å². The smallest absolute Gasteiger partial charge is 0.250 e. The molecule has 2 nitrogen and oxygen atoms in total. The first kappa shape index (κ1) is 11.6. The molecule has 0 saturated carbocycles. The Morgan fingerprint density at radius 2 is 2.00 bits per heavy atom. The molecule has 0 aliphatic carbocycles. The van der Waals surface area contributed by atoms with Crippen molar-refractivity contribution in [1.82, 2.24) is 4.90 Å². The topological polar surface area (TPSA) is 20.3 Å². The molecule has 1 saturated heterocycles. The molecule has 0 radical (unpaired) electrons. The molecule has 0 aromatic carbocycles. The summed E-state index contributed by atoms with van der Waals surface area (Å²) in [4.78, 5) is 12.5. The number of piperidine rings is 1. The van der Waals surface area contributed by atoms with Crippen LogP contribution in [0.4, 0.5) is 8.78 Å². The molecule has 14 heavy (non-hydrogen) atoms. The number of hydrogen-bond donors (Lipinski definition) is 0. The number of nitrogens with zero attached hydrogens (tertiary/aromatic N) is 1. The highest BCUT2D eigenvalue weighted by molar-refractivity contribution is 5.53. The predicted molar refractivity (Wildman–Crippen MR) is 50.5 cm³/mol. The average molecular weight is 205 g/mol. The minimum absolute atomic E-state index is 0.00159. The van der Waals surface area contributed by atoms with Gasteiger partial charge in [-0.3, -0.25) is 0 Å². The maximum Gasteiger partial charge on any atom is 0.250 e. The number of carbonyl (C=O) groups excluding carboxylic acids is 1. The molecule has 1 fully saturated rings. The molecule has 1 aliphatic rings. The van der Waals surface area contributed by atoms with Gasteiger partial charge < -0.3 is 9.69 Å². The van der Waals surface area contributed by atoms with Crippen molar-refractivity contribution in [3.05, 3.63) is 0 Å². The molecule has 0 bridgehead atoms. The molecule has 0 spiro atoms. The van der Waals surface area contributed by atoms with Crippen molar-refractivity contribution in [2.75, 3.05) is 19.6 Å². The molecule has 1 atom stereocenters. The van der Waals surface area contributed by atoms with E-state index in [4.69, 9.17) is 0 Å². The molecule has 0 aromatic heterocycles. The van der Waals surface area contributed by atoms with E-state index in [9.17, 15) is 13.6 Å². The minimum Gasteiger partial charge on any atom is -0.303 e. The van der Waals surface area contributed by atoms with Crippen molar-refractivity contribution in [1.29, 1.82) is 0 Å². The number of rotatable bonds is 4. The van der Waals surface area contributed by atoms with Crippen molar-refractivity contribution < 1.29 is 13.6 Å². The number of alkyl halides is 2. The van der Waals surface area contributed by atoms with Gasteiger partial charge in [-0.2, -0.15) is 0 Å². The maximum absolute atomic E-state index is 12.8. The Bertz CT molecular complexity index is 187. The fourth-order valence-electron chi connectivity index (χ4n) is 1.66. The van der Waals surface area contributed by atoms with Crippen LogP contribution >= 0.6 is 0 Å². The van der Waals surface area contributed by atoms with Gasteiger partial charge in [-0.15, -0.1) is 0 Å². The largest absolute Gasteiger partial charge is 0.303 e. The first-order chi connectivity index (χ1) is 6.57. The fraction of sp³-hybridized carbons (Fsp3) is 0.900. The Hall–Kier alpha value is -0.510. The summed E-state index contributed by atoms with van der Waals surface area (Å²) in [6.45, 7) is 3.41. The van der Waals surface area contributed by atoms with E-state index in [0.717, 1.165) is 12.7 Å². The monoisotopic (exact) mass is 205 g/mol. The zero-order valence-electron chi connectivity index (χ0n) is 8.51. The van der Waals surface area contributed by atoms with E-state index in [0.29, 0.717) is 19.6 Å². The molecule has 0 amide bonds. The zero-order valence-corrected chi connectivity index (χ0v) is 8.51. The summed E-state index contributed by atoms with van der Waals surface area (Å²) in [5, 5.41) is 0. The van der Waals surface area contributed by atoms with Gasteiger partial charge in [0.15, 0.2) is 0 Å². The summed E-state index contributed by atoms with van der Waals surface area (Å²) in [5.74, 6) is -2.49. The third-order valence-corrected chi connectivity index (χ3v) is 2.80. The lowest BCUT2D eigenvalue weighted by molar-refractivity contribution is -0.112. The summed E-state index contributed by atoms with van der Waals surface area (Å²) in [7, 11) is 0. The molecule has 1 heterocycles. The second-order valence-corrected chi connectivity index (χ2v) is 3.96. The summed E-state index contributed by atoms with van der Waals surface area (Å²) in [5.41, 5.74) is 0. The first-order valence-electron chi connectivity index (χ1n) is 5.13. The number of aldehydes is 1. The third-order valence-electron chi connectivity index (χ3n) is 2.80. The van der Waals surface area contributed by atoms with Gasteiger partial charge in [0, 0.05) is 38.4 Å². The van der Waals surface area contributed by atoms with Crippen molar-refractivity contribution >= 4 is 6.29 Å². The van der Waals surface area contributed by atoms with Crippen LogP contribution in [0.1, 0.15) is 26.2 Å². The summed E-state index contributed by atoms with van der Waals surface area (Å²) < 4.78 is 25.6. The van der Waals surface area contributed by atoms with Crippen LogP contribution in [0.15, 0.2) is 0 Å². The van der Waals surface area contributed by atoms with Crippen LogP contribution in [0.3, 0.4) is 0 Å². The maximum atomic E-state index is 12.8. The quantitative estimate of drug-likeness (QED) is 0.654. The van der Waals surface area contributed by atoms with E-state index >= 15 is 0 Å². The minimum atomic E-state index is -2.49. The normalized spacial score (nSPS) is 24.5. The molecule has 0 N–H and O–H groups in total. The lowest BCUT2D eigenvalue weighted by Gasteiger charge is -2.32. The van der Waals surface area contributed by atoms with E-state index in [-0.39, 0.29) is 18.8 Å². The van der Waals surface area contributed by atoms with Gasteiger partial charge in [-0.05, 0) is 6.42 Å². The predicted octanol–water partition coefficient (Wildman–Crippen LogP) is 1.94. The van der Waals surface area contributed by atoms with E-state index in [1.807, 2.05) is 11.8 Å². The van der Waals surface area contributed by atoms with Crippen molar-refractivity contribution in [3.63, 3.8) is 0 Å². The highest BCUT2D eigenvalue weighted by Crippen LogP contribution is 2.27. The SMILES string of the molecule is CCC(C=O)CN1CCC(F)(F)CC1. The van der Waals surface area contributed by atoms with E-state index < -0.39 is 5.92 Å². The van der Waals surface area contributed by atoms with Crippen molar-refractivity contribution in [3.8, 4) is 0 Å². The van der Waals surface area contributed by atoms with Crippen LogP contribution in [0.5, 0.6) is 0 Å². The van der Waals surface area contributed by atoms with Gasteiger partial charge in [0.05, 0.1) is 0 Å². The van der Waals surface area contributed by atoms with E-state index in [2.05, 4.69) is 0 Å². The second kappa shape index (κ2) is 4.82. The van der Waals surface area contributed by atoms with Gasteiger partial charge in [0.1, 0.15) is 6.29 Å². The lowest BCUT2D eigenvalue weighted by atomic mass is 10.0. The molecule has 1 aliphatic heterocycles. The van der Waals surface area contributed by atoms with Crippen LogP contribution in [0, 0.1) is 5.92 Å². The molecular formula is C10H17F2NO. The van der Waals surface area contributed by atoms with Gasteiger partial charge in [-0.25, -0.2) is 8.78 Å². The third kappa shape index (κ3) is 3.33. The van der Waals surface area contributed by atoms with Crippen molar-refractivity contribution in [2.24, 2.45) is 5.92 Å². The average Bonchev–Trinajstić information content (AvgIpc) is 2.16. The Balaban J connectivity index is 2.31. The van der Waals surface area contributed by atoms with Crippen LogP contribution in [-0.2, 0) is 4.79 Å². The number of halogens is 2. The summed E-state index contributed by atoms with van der Waals surface area (Å²) in [6.07, 6.45) is 1.58. The highest BCUT2D eigenvalue weighted by Gasteiger charge is 2.34. The fourth-order valence-corrected chi connectivity index (χ4v) is 1.66. The Morgan fingerprint density at radius 3 is 2.43 bits per heavy atom. The van der Waals surface area contributed by atoms with Crippen LogP contribution in [0.25, 0.3) is 0 Å². The number of hydrogen-bond acceptors (Lipinski definition) is 2. The number of likely N-dealkylation sites (tertiary alicyclic amines) is 1. The Kier molecular flexibility index (Phi) is 3.98. The van der Waals surface area contributed by atoms with Crippen LogP contribution in [0.2, 0.25) is 0 Å². The van der Waals surface area contributed by atoms with E-state index in [1.54, 1.807) is 0 Å². The summed E-state index contributed by atoms with van der Waals surface area (Å²) in [6, 6.07) is 0. The standard InChI is InChI=1S/C10H17F2NO/c1-2-9(8-14)7-13-5-3-10(11,12)4-6-13/h8-9H,2-7H2,1H3. The molecular weight excluding hydrogens is 188 g/mol. The van der Waals surface area contributed by atoms with Gasteiger partial charge in [0.2, 0.25) is 0 Å². The number of carbonyl (C=O) groups is 1. The van der Waals surface area contributed by atoms with Gasteiger partial charge >= 0.3 is 0 Å².